The van der Waals surface area contributed by atoms with Crippen LogP contribution >= 0.6 is 11.8 Å². The quantitative estimate of drug-likeness (QED) is 0.787. The monoisotopic (exact) mass is 275 g/mol. The molecule has 0 saturated heterocycles. The average molecular weight is 275 g/mol. The number of aromatic nitrogens is 2. The predicted octanol–water partition coefficient (Wildman–Crippen LogP) is 1.81. The van der Waals surface area contributed by atoms with Gasteiger partial charge in [-0.1, -0.05) is 30.3 Å². The Labute approximate surface area is 117 Å². The fourth-order valence-electron chi connectivity index (χ4n) is 1.78. The van der Waals surface area contributed by atoms with E-state index in [1.807, 2.05) is 30.3 Å². The molecule has 0 aliphatic carbocycles. The molecule has 0 saturated carbocycles. The van der Waals surface area contributed by atoms with Crippen LogP contribution in [-0.2, 0) is 5.54 Å². The molecule has 5 heteroatoms. The van der Waals surface area contributed by atoms with Crippen LogP contribution in [0.1, 0.15) is 12.0 Å². The summed E-state index contributed by atoms with van der Waals surface area (Å²) in [7, 11) is 0. The van der Waals surface area contributed by atoms with Gasteiger partial charge in [-0.05, 0) is 12.0 Å². The summed E-state index contributed by atoms with van der Waals surface area (Å²) in [4.78, 5) is 8.21. The van der Waals surface area contributed by atoms with Crippen LogP contribution in [0.15, 0.2) is 53.9 Å². The summed E-state index contributed by atoms with van der Waals surface area (Å²) < 4.78 is 0. The number of hydrogen-bond donors (Lipinski definition) is 2. The fraction of sp³-hybridized carbons (Fsp3) is 0.286. The lowest BCUT2D eigenvalue weighted by atomic mass is 9.89. The Kier molecular flexibility index (Phi) is 4.90. The van der Waals surface area contributed by atoms with Crippen molar-refractivity contribution in [2.75, 3.05) is 12.4 Å². The van der Waals surface area contributed by atoms with Gasteiger partial charge in [0, 0.05) is 18.1 Å². The van der Waals surface area contributed by atoms with Crippen molar-refractivity contribution in [3.05, 3.63) is 54.5 Å². The highest BCUT2D eigenvalue weighted by Gasteiger charge is 2.25. The number of nitrogens with zero attached hydrogens (tertiary/aromatic N) is 2. The van der Waals surface area contributed by atoms with Gasteiger partial charge in [-0.25, -0.2) is 4.98 Å². The lowest BCUT2D eigenvalue weighted by molar-refractivity contribution is 0.193. The van der Waals surface area contributed by atoms with E-state index in [1.54, 1.807) is 30.4 Å². The van der Waals surface area contributed by atoms with Crippen LogP contribution in [0.2, 0.25) is 0 Å². The third-order valence-corrected chi connectivity index (χ3v) is 3.88. The van der Waals surface area contributed by atoms with E-state index < -0.39 is 5.54 Å². The Bertz CT molecular complexity index is 495. The number of aliphatic hydroxyl groups is 1. The molecular weight excluding hydrogens is 258 g/mol. The highest BCUT2D eigenvalue weighted by Crippen LogP contribution is 2.25. The molecule has 19 heavy (non-hydrogen) atoms. The van der Waals surface area contributed by atoms with Crippen LogP contribution in [0.25, 0.3) is 0 Å². The second kappa shape index (κ2) is 6.65. The molecule has 1 aromatic heterocycles. The summed E-state index contributed by atoms with van der Waals surface area (Å²) in [6.45, 7) is -0.0714. The van der Waals surface area contributed by atoms with Crippen molar-refractivity contribution >= 4 is 11.8 Å². The van der Waals surface area contributed by atoms with Crippen LogP contribution in [0.5, 0.6) is 0 Å². The van der Waals surface area contributed by atoms with Gasteiger partial charge in [0.1, 0.15) is 5.03 Å². The third-order valence-electron chi connectivity index (χ3n) is 2.97. The predicted molar refractivity (Wildman–Crippen MR) is 76.8 cm³/mol. The number of nitrogens with two attached hydrogens (primary N) is 1. The van der Waals surface area contributed by atoms with E-state index in [1.165, 1.54) is 0 Å². The molecule has 3 N–H and O–H groups in total. The molecule has 0 radical (unpaired) electrons. The molecule has 100 valence electrons. The Morgan fingerprint density at radius 1 is 1.21 bits per heavy atom. The van der Waals surface area contributed by atoms with Gasteiger partial charge in [0.25, 0.3) is 0 Å². The van der Waals surface area contributed by atoms with Crippen molar-refractivity contribution in [2.24, 2.45) is 5.73 Å². The molecule has 0 aliphatic rings. The van der Waals surface area contributed by atoms with E-state index in [0.29, 0.717) is 6.42 Å². The van der Waals surface area contributed by atoms with Crippen LogP contribution in [0, 0.1) is 0 Å². The van der Waals surface area contributed by atoms with Crippen LogP contribution in [-0.4, -0.2) is 27.4 Å². The van der Waals surface area contributed by atoms with Gasteiger partial charge in [0.05, 0.1) is 18.3 Å². The molecule has 1 unspecified atom stereocenters. The molecule has 2 aromatic rings. The number of hydrogen-bond acceptors (Lipinski definition) is 5. The molecule has 1 atom stereocenters. The van der Waals surface area contributed by atoms with Gasteiger partial charge in [0.2, 0.25) is 0 Å². The second-order valence-corrected chi connectivity index (χ2v) is 5.44. The van der Waals surface area contributed by atoms with Crippen molar-refractivity contribution in [1.29, 1.82) is 0 Å². The summed E-state index contributed by atoms with van der Waals surface area (Å²) in [5.41, 5.74) is 6.54. The highest BCUT2D eigenvalue weighted by molar-refractivity contribution is 7.99. The molecule has 4 nitrogen and oxygen atoms in total. The van der Waals surface area contributed by atoms with Crippen molar-refractivity contribution in [3.63, 3.8) is 0 Å². The summed E-state index contributed by atoms with van der Waals surface area (Å²) in [5, 5.41) is 10.4. The smallest absolute Gasteiger partial charge is 0.114 e. The molecular formula is C14H17N3OS. The zero-order valence-electron chi connectivity index (χ0n) is 10.6. The summed E-state index contributed by atoms with van der Waals surface area (Å²) >= 11 is 1.59. The van der Waals surface area contributed by atoms with Crippen molar-refractivity contribution in [3.8, 4) is 0 Å². The van der Waals surface area contributed by atoms with Gasteiger partial charge in [-0.2, -0.15) is 0 Å². The first-order chi connectivity index (χ1) is 9.24. The topological polar surface area (TPSA) is 72.0 Å². The number of aliphatic hydroxyl groups excluding tert-OH is 1. The number of rotatable bonds is 6. The van der Waals surface area contributed by atoms with Crippen LogP contribution in [0.4, 0.5) is 0 Å². The zero-order chi connectivity index (χ0) is 13.6. The lowest BCUT2D eigenvalue weighted by Gasteiger charge is -2.27. The minimum absolute atomic E-state index is 0.0714. The number of benzene rings is 1. The first kappa shape index (κ1) is 14.0. The van der Waals surface area contributed by atoms with Gasteiger partial charge in [-0.15, -0.1) is 11.8 Å². The molecule has 0 bridgehead atoms. The maximum atomic E-state index is 9.57. The average Bonchev–Trinajstić information content (AvgIpc) is 2.49. The molecule has 0 aliphatic heterocycles. The van der Waals surface area contributed by atoms with E-state index in [-0.39, 0.29) is 6.61 Å². The standard InChI is InChI=1S/C14H17N3OS/c15-14(11-18,12-4-2-1-3-5-12)6-9-19-13-10-16-7-8-17-13/h1-5,7-8,10,18H,6,9,11,15H2. The Morgan fingerprint density at radius 3 is 2.63 bits per heavy atom. The second-order valence-electron chi connectivity index (χ2n) is 4.32. The first-order valence-corrected chi connectivity index (χ1v) is 7.07. The first-order valence-electron chi connectivity index (χ1n) is 6.09. The van der Waals surface area contributed by atoms with Gasteiger partial charge in [-0.3, -0.25) is 4.98 Å². The normalized spacial score (nSPS) is 14.0. The van der Waals surface area contributed by atoms with Crippen LogP contribution < -0.4 is 5.73 Å². The molecule has 0 amide bonds. The van der Waals surface area contributed by atoms with Gasteiger partial charge in [0.15, 0.2) is 0 Å². The van der Waals surface area contributed by atoms with E-state index >= 15 is 0 Å². The molecule has 1 heterocycles. The minimum Gasteiger partial charge on any atom is -0.394 e. The van der Waals surface area contributed by atoms with E-state index in [4.69, 9.17) is 5.73 Å². The Morgan fingerprint density at radius 2 is 2.00 bits per heavy atom. The maximum Gasteiger partial charge on any atom is 0.114 e. The van der Waals surface area contributed by atoms with Crippen molar-refractivity contribution < 1.29 is 5.11 Å². The van der Waals surface area contributed by atoms with E-state index in [2.05, 4.69) is 9.97 Å². The van der Waals surface area contributed by atoms with Crippen LogP contribution in [0.3, 0.4) is 0 Å². The number of thioether (sulfide) groups is 1. The van der Waals surface area contributed by atoms with E-state index in [9.17, 15) is 5.11 Å². The van der Waals surface area contributed by atoms with Gasteiger partial charge >= 0.3 is 0 Å². The minimum atomic E-state index is -0.698. The third kappa shape index (κ3) is 3.76. The largest absolute Gasteiger partial charge is 0.394 e. The summed E-state index contributed by atoms with van der Waals surface area (Å²) in [6, 6.07) is 9.70. The fourth-order valence-corrected chi connectivity index (χ4v) is 2.73. The highest BCUT2D eigenvalue weighted by atomic mass is 32.2. The molecule has 1 aromatic carbocycles. The summed E-state index contributed by atoms with van der Waals surface area (Å²) in [6.07, 6.45) is 5.72. The maximum absolute atomic E-state index is 9.57. The Balaban J connectivity index is 1.96. The SMILES string of the molecule is NC(CO)(CCSc1cnccn1)c1ccccc1. The molecule has 2 rings (SSSR count). The zero-order valence-corrected chi connectivity index (χ0v) is 11.4. The molecule has 0 fully saturated rings. The van der Waals surface area contributed by atoms with Gasteiger partial charge < -0.3 is 10.8 Å². The van der Waals surface area contributed by atoms with Crippen molar-refractivity contribution in [2.45, 2.75) is 17.0 Å². The van der Waals surface area contributed by atoms with Crippen molar-refractivity contribution in [1.82, 2.24) is 9.97 Å². The summed E-state index contributed by atoms with van der Waals surface area (Å²) in [5.74, 6) is 0.782. The molecule has 0 spiro atoms. The lowest BCUT2D eigenvalue weighted by Crippen LogP contribution is -2.41. The Hall–Kier alpha value is -1.43. The van der Waals surface area contributed by atoms with E-state index in [0.717, 1.165) is 16.3 Å².